The minimum Gasteiger partial charge on any atom is -0.451 e. The highest BCUT2D eigenvalue weighted by molar-refractivity contribution is 7.13. The molecule has 2 heterocycles. The van der Waals surface area contributed by atoms with Crippen molar-refractivity contribution in [2.45, 2.75) is 26.3 Å². The van der Waals surface area contributed by atoms with Gasteiger partial charge in [0.1, 0.15) is 10.4 Å². The quantitative estimate of drug-likeness (QED) is 0.577. The molecule has 1 unspecified atom stereocenters. The number of amides is 4. The van der Waals surface area contributed by atoms with E-state index < -0.39 is 36.0 Å². The van der Waals surface area contributed by atoms with E-state index in [0.717, 1.165) is 11.3 Å². The maximum absolute atomic E-state index is 12.7. The van der Waals surface area contributed by atoms with Gasteiger partial charge in [-0.25, -0.2) is 14.6 Å². The number of benzene rings is 1. The molecule has 146 valence electrons. The second-order valence-corrected chi connectivity index (χ2v) is 7.52. The van der Waals surface area contributed by atoms with Crippen LogP contribution in [0.5, 0.6) is 0 Å². The number of esters is 1. The Morgan fingerprint density at radius 3 is 2.54 bits per heavy atom. The third kappa shape index (κ3) is 3.58. The molecule has 2 N–H and O–H groups in total. The van der Waals surface area contributed by atoms with Gasteiger partial charge in [-0.15, -0.1) is 11.3 Å². The standard InChI is InChI=1S/C18H18N4O5S/c1-10-14(28-11(2)19-10)15(24)27-9-13(23)21-22-16(25)18(3,20-17(22)26)12-7-5-4-6-8-12/h4-8H,9H2,1-3H3,(H,20,26)(H,21,23). The summed E-state index contributed by atoms with van der Waals surface area (Å²) in [7, 11) is 0. The Kier molecular flexibility index (Phi) is 5.14. The molecule has 0 spiro atoms. The molecule has 0 aliphatic carbocycles. The highest BCUT2D eigenvalue weighted by atomic mass is 32.1. The number of carbonyl (C=O) groups excluding carboxylic acids is 4. The van der Waals surface area contributed by atoms with E-state index in [4.69, 9.17) is 4.74 Å². The number of hydrogen-bond acceptors (Lipinski definition) is 7. The van der Waals surface area contributed by atoms with Gasteiger partial charge in [0.25, 0.3) is 11.8 Å². The highest BCUT2D eigenvalue weighted by Crippen LogP contribution is 2.27. The summed E-state index contributed by atoms with van der Waals surface area (Å²) in [4.78, 5) is 53.4. The van der Waals surface area contributed by atoms with Crippen LogP contribution in [0.3, 0.4) is 0 Å². The summed E-state index contributed by atoms with van der Waals surface area (Å²) in [5.74, 6) is -2.14. The van der Waals surface area contributed by atoms with Crippen molar-refractivity contribution in [2.75, 3.05) is 6.61 Å². The van der Waals surface area contributed by atoms with Crippen molar-refractivity contribution >= 4 is 35.2 Å². The molecule has 4 amide bonds. The van der Waals surface area contributed by atoms with E-state index in [1.54, 1.807) is 51.1 Å². The van der Waals surface area contributed by atoms with E-state index in [0.29, 0.717) is 26.2 Å². The fourth-order valence-corrected chi connectivity index (χ4v) is 3.60. The number of urea groups is 1. The molecule has 1 aromatic heterocycles. The Morgan fingerprint density at radius 2 is 1.93 bits per heavy atom. The maximum atomic E-state index is 12.7. The second-order valence-electron chi connectivity index (χ2n) is 6.32. The predicted octanol–water partition coefficient (Wildman–Crippen LogP) is 1.42. The van der Waals surface area contributed by atoms with Crippen LogP contribution in [0.4, 0.5) is 4.79 Å². The van der Waals surface area contributed by atoms with Crippen LogP contribution in [-0.2, 0) is 19.9 Å². The van der Waals surface area contributed by atoms with Crippen LogP contribution in [0.1, 0.15) is 32.9 Å². The number of nitrogens with zero attached hydrogens (tertiary/aromatic N) is 2. The number of imide groups is 1. The lowest BCUT2D eigenvalue weighted by Crippen LogP contribution is -2.49. The minimum absolute atomic E-state index is 0.303. The zero-order valence-electron chi connectivity index (χ0n) is 15.4. The van der Waals surface area contributed by atoms with Crippen LogP contribution in [0.25, 0.3) is 0 Å². The van der Waals surface area contributed by atoms with Crippen LogP contribution in [-0.4, -0.2) is 40.4 Å². The van der Waals surface area contributed by atoms with Crippen molar-refractivity contribution in [3.8, 4) is 0 Å². The first kappa shape index (κ1) is 19.5. The Balaban J connectivity index is 1.63. The van der Waals surface area contributed by atoms with Gasteiger partial charge in [-0.1, -0.05) is 30.3 Å². The Hall–Kier alpha value is -3.27. The summed E-state index contributed by atoms with van der Waals surface area (Å²) >= 11 is 1.16. The lowest BCUT2D eigenvalue weighted by Gasteiger charge is -2.22. The normalized spacial score (nSPS) is 18.8. The van der Waals surface area contributed by atoms with Crippen LogP contribution >= 0.6 is 11.3 Å². The topological polar surface area (TPSA) is 118 Å². The highest BCUT2D eigenvalue weighted by Gasteiger charge is 2.50. The van der Waals surface area contributed by atoms with Gasteiger partial charge < -0.3 is 10.1 Å². The fourth-order valence-electron chi connectivity index (χ4n) is 2.78. The number of hydrazine groups is 1. The lowest BCUT2D eigenvalue weighted by molar-refractivity contribution is -0.140. The molecule has 1 aliphatic heterocycles. The van der Waals surface area contributed by atoms with Gasteiger partial charge in [-0.2, -0.15) is 5.01 Å². The monoisotopic (exact) mass is 402 g/mol. The first-order chi connectivity index (χ1) is 13.2. The third-order valence-electron chi connectivity index (χ3n) is 4.20. The van der Waals surface area contributed by atoms with Crippen LogP contribution in [0, 0.1) is 13.8 Å². The van der Waals surface area contributed by atoms with E-state index in [-0.39, 0.29) is 0 Å². The SMILES string of the molecule is Cc1nc(C)c(C(=O)OCC(=O)NN2C(=O)NC(C)(c3ccccc3)C2=O)s1. The number of thiazole rings is 1. The van der Waals surface area contributed by atoms with E-state index in [2.05, 4.69) is 15.7 Å². The minimum atomic E-state index is -1.31. The maximum Gasteiger partial charge on any atom is 0.350 e. The Bertz CT molecular complexity index is 958. The number of rotatable bonds is 5. The van der Waals surface area contributed by atoms with E-state index in [1.165, 1.54) is 0 Å². The number of aryl methyl sites for hydroxylation is 2. The summed E-state index contributed by atoms with van der Waals surface area (Å²) < 4.78 is 4.95. The molecule has 0 radical (unpaired) electrons. The average Bonchev–Trinajstić information content (AvgIpc) is 3.11. The van der Waals surface area contributed by atoms with Gasteiger partial charge in [0.15, 0.2) is 6.61 Å². The first-order valence-electron chi connectivity index (χ1n) is 8.35. The molecule has 28 heavy (non-hydrogen) atoms. The Labute approximate surface area is 164 Å². The third-order valence-corrected chi connectivity index (χ3v) is 5.25. The van der Waals surface area contributed by atoms with Gasteiger partial charge in [-0.3, -0.25) is 15.0 Å². The number of aromatic nitrogens is 1. The van der Waals surface area contributed by atoms with Crippen LogP contribution in [0.15, 0.2) is 30.3 Å². The molecule has 2 aromatic rings. The summed E-state index contributed by atoms with van der Waals surface area (Å²) in [5.41, 5.74) is 1.96. The summed E-state index contributed by atoms with van der Waals surface area (Å²) in [6.07, 6.45) is 0. The zero-order valence-corrected chi connectivity index (χ0v) is 16.3. The van der Waals surface area contributed by atoms with Gasteiger partial charge >= 0.3 is 12.0 Å². The fraction of sp³-hybridized carbons (Fsp3) is 0.278. The molecule has 1 atom stereocenters. The summed E-state index contributed by atoms with van der Waals surface area (Å²) in [6, 6.07) is 7.89. The molecule has 0 bridgehead atoms. The number of carbonyl (C=O) groups is 4. The van der Waals surface area contributed by atoms with Crippen LogP contribution in [0.2, 0.25) is 0 Å². The molecule has 9 nitrogen and oxygen atoms in total. The molecule has 10 heteroatoms. The molecule has 1 aromatic carbocycles. The average molecular weight is 402 g/mol. The van der Waals surface area contributed by atoms with Crippen molar-refractivity contribution in [1.29, 1.82) is 0 Å². The molecular weight excluding hydrogens is 384 g/mol. The van der Waals surface area contributed by atoms with Crippen molar-refractivity contribution in [2.24, 2.45) is 0 Å². The molecule has 1 saturated heterocycles. The van der Waals surface area contributed by atoms with Gasteiger partial charge in [0, 0.05) is 0 Å². The molecule has 1 fully saturated rings. The first-order valence-corrected chi connectivity index (χ1v) is 9.17. The Morgan fingerprint density at radius 1 is 1.25 bits per heavy atom. The smallest absolute Gasteiger partial charge is 0.350 e. The second kappa shape index (κ2) is 7.39. The van der Waals surface area contributed by atoms with E-state index >= 15 is 0 Å². The number of hydrogen-bond donors (Lipinski definition) is 2. The van der Waals surface area contributed by atoms with E-state index in [9.17, 15) is 19.2 Å². The van der Waals surface area contributed by atoms with Crippen molar-refractivity contribution in [1.82, 2.24) is 20.7 Å². The molecule has 3 rings (SSSR count). The van der Waals surface area contributed by atoms with Crippen LogP contribution < -0.4 is 10.7 Å². The molecular formula is C18H18N4O5S. The van der Waals surface area contributed by atoms with Crippen molar-refractivity contribution in [3.63, 3.8) is 0 Å². The van der Waals surface area contributed by atoms with Gasteiger partial charge in [0.05, 0.1) is 10.7 Å². The van der Waals surface area contributed by atoms with E-state index in [1.807, 2.05) is 0 Å². The zero-order chi connectivity index (χ0) is 20.5. The van der Waals surface area contributed by atoms with Crippen molar-refractivity contribution in [3.05, 3.63) is 51.5 Å². The summed E-state index contributed by atoms with van der Waals surface area (Å²) in [6.45, 7) is 4.32. The van der Waals surface area contributed by atoms with Crippen molar-refractivity contribution < 1.29 is 23.9 Å². The summed E-state index contributed by atoms with van der Waals surface area (Å²) in [5, 5.41) is 3.85. The number of nitrogens with one attached hydrogen (secondary N) is 2. The predicted molar refractivity (Wildman–Crippen MR) is 99.2 cm³/mol. The molecule has 0 saturated carbocycles. The molecule has 1 aliphatic rings. The lowest BCUT2D eigenvalue weighted by atomic mass is 9.92. The van der Waals surface area contributed by atoms with Gasteiger partial charge in [0.2, 0.25) is 0 Å². The largest absolute Gasteiger partial charge is 0.451 e. The number of ether oxygens (including phenoxy) is 1. The van der Waals surface area contributed by atoms with Gasteiger partial charge in [-0.05, 0) is 26.3 Å².